The van der Waals surface area contributed by atoms with Gasteiger partial charge in [0, 0.05) is 12.1 Å². The molecule has 0 aromatic heterocycles. The molecule has 100 valence electrons. The van der Waals surface area contributed by atoms with Gasteiger partial charge >= 0.3 is 0 Å². The molecule has 4 nitrogen and oxygen atoms in total. The molecule has 0 aliphatic heterocycles. The summed E-state index contributed by atoms with van der Waals surface area (Å²) in [4.78, 5) is 11.5. The molecule has 1 saturated carbocycles. The number of aliphatic hydroxyl groups is 1. The van der Waals surface area contributed by atoms with Crippen LogP contribution in [0.1, 0.15) is 52.9 Å². The van der Waals surface area contributed by atoms with Crippen molar-refractivity contribution in [3.8, 4) is 0 Å². The van der Waals surface area contributed by atoms with Crippen molar-refractivity contribution in [2.75, 3.05) is 13.1 Å². The lowest BCUT2D eigenvalue weighted by Crippen LogP contribution is -2.48. The van der Waals surface area contributed by atoms with Gasteiger partial charge in [0.15, 0.2) is 0 Å². The van der Waals surface area contributed by atoms with Crippen LogP contribution >= 0.6 is 0 Å². The molecule has 0 aromatic rings. The van der Waals surface area contributed by atoms with Gasteiger partial charge < -0.3 is 15.7 Å². The normalized spacial score (nSPS) is 20.0. The summed E-state index contributed by atoms with van der Waals surface area (Å²) in [6.45, 7) is 6.67. The molecule has 0 aromatic carbocycles. The zero-order valence-electron chi connectivity index (χ0n) is 11.3. The van der Waals surface area contributed by atoms with Gasteiger partial charge in [0.2, 0.25) is 5.91 Å². The molecule has 0 heterocycles. The number of rotatable bonds is 4. The van der Waals surface area contributed by atoms with E-state index in [2.05, 4.69) is 10.6 Å². The molecule has 3 N–H and O–H groups in total. The topological polar surface area (TPSA) is 61.4 Å². The maximum absolute atomic E-state index is 11.5. The van der Waals surface area contributed by atoms with Crippen molar-refractivity contribution in [1.29, 1.82) is 0 Å². The van der Waals surface area contributed by atoms with Crippen LogP contribution in [0.3, 0.4) is 0 Å². The number of hydrogen-bond donors (Lipinski definition) is 3. The van der Waals surface area contributed by atoms with Gasteiger partial charge in [-0.1, -0.05) is 19.3 Å². The van der Waals surface area contributed by atoms with Gasteiger partial charge in [0.05, 0.1) is 12.1 Å². The van der Waals surface area contributed by atoms with E-state index < -0.39 is 5.60 Å². The minimum atomic E-state index is -0.597. The lowest BCUT2D eigenvalue weighted by molar-refractivity contribution is -0.121. The second-order valence-electron chi connectivity index (χ2n) is 6.19. The Bertz CT molecular complexity index is 253. The van der Waals surface area contributed by atoms with Crippen molar-refractivity contribution in [1.82, 2.24) is 10.6 Å². The summed E-state index contributed by atoms with van der Waals surface area (Å²) in [5, 5.41) is 16.2. The summed E-state index contributed by atoms with van der Waals surface area (Å²) in [5.74, 6) is -0.0168. The quantitative estimate of drug-likeness (QED) is 0.694. The Morgan fingerprint density at radius 1 is 1.24 bits per heavy atom. The maximum atomic E-state index is 11.5. The molecule has 4 heteroatoms. The van der Waals surface area contributed by atoms with Gasteiger partial charge in [-0.3, -0.25) is 4.79 Å². The average Bonchev–Trinajstić information content (AvgIpc) is 2.15. The Morgan fingerprint density at radius 3 is 2.35 bits per heavy atom. The molecular formula is C13H26N2O2. The Morgan fingerprint density at radius 2 is 1.82 bits per heavy atom. The lowest BCUT2D eigenvalue weighted by Gasteiger charge is -2.32. The molecule has 0 bridgehead atoms. The molecule has 0 radical (unpaired) electrons. The second-order valence-corrected chi connectivity index (χ2v) is 6.19. The standard InChI is InChI=1S/C13H26N2O2/c1-12(2,3)15-11(16)9-14-10-13(17)7-5-4-6-8-13/h14,17H,4-10H2,1-3H3,(H,15,16). The van der Waals surface area contributed by atoms with E-state index in [0.29, 0.717) is 6.54 Å². The van der Waals surface area contributed by atoms with Crippen molar-refractivity contribution < 1.29 is 9.90 Å². The molecule has 0 spiro atoms. The van der Waals surface area contributed by atoms with Crippen LogP contribution in [0.15, 0.2) is 0 Å². The molecule has 0 atom stereocenters. The molecular weight excluding hydrogens is 216 g/mol. The van der Waals surface area contributed by atoms with Crippen molar-refractivity contribution >= 4 is 5.91 Å². The number of nitrogens with one attached hydrogen (secondary N) is 2. The summed E-state index contributed by atoms with van der Waals surface area (Å²) < 4.78 is 0. The fourth-order valence-corrected chi connectivity index (χ4v) is 2.26. The van der Waals surface area contributed by atoms with E-state index in [-0.39, 0.29) is 18.0 Å². The van der Waals surface area contributed by atoms with Gasteiger partial charge in [0.1, 0.15) is 0 Å². The van der Waals surface area contributed by atoms with Gasteiger partial charge in [0.25, 0.3) is 0 Å². The van der Waals surface area contributed by atoms with Crippen molar-refractivity contribution in [2.24, 2.45) is 0 Å². The van der Waals surface area contributed by atoms with Crippen molar-refractivity contribution in [3.63, 3.8) is 0 Å². The van der Waals surface area contributed by atoms with Crippen LogP contribution in [0.4, 0.5) is 0 Å². The highest BCUT2D eigenvalue weighted by Gasteiger charge is 2.28. The predicted octanol–water partition coefficient (Wildman–Crippen LogP) is 1.19. The lowest BCUT2D eigenvalue weighted by atomic mass is 9.85. The van der Waals surface area contributed by atoms with E-state index in [1.54, 1.807) is 0 Å². The van der Waals surface area contributed by atoms with Crippen LogP contribution in [-0.2, 0) is 4.79 Å². The third-order valence-corrected chi connectivity index (χ3v) is 3.04. The zero-order chi connectivity index (χ0) is 12.9. The minimum Gasteiger partial charge on any atom is -0.389 e. The van der Waals surface area contributed by atoms with E-state index in [0.717, 1.165) is 25.7 Å². The van der Waals surface area contributed by atoms with E-state index in [4.69, 9.17) is 0 Å². The van der Waals surface area contributed by atoms with Crippen LogP contribution in [0.25, 0.3) is 0 Å². The Hall–Kier alpha value is -0.610. The summed E-state index contributed by atoms with van der Waals surface area (Å²) in [5.41, 5.74) is -0.791. The smallest absolute Gasteiger partial charge is 0.234 e. The summed E-state index contributed by atoms with van der Waals surface area (Å²) in [7, 11) is 0. The summed E-state index contributed by atoms with van der Waals surface area (Å²) in [6.07, 6.45) is 5.09. The van der Waals surface area contributed by atoms with Crippen LogP contribution < -0.4 is 10.6 Å². The van der Waals surface area contributed by atoms with Crippen LogP contribution in [0.2, 0.25) is 0 Å². The Balaban J connectivity index is 2.20. The molecule has 1 amide bonds. The number of carbonyl (C=O) groups excluding carboxylic acids is 1. The number of hydrogen-bond acceptors (Lipinski definition) is 3. The van der Waals surface area contributed by atoms with E-state index >= 15 is 0 Å². The maximum Gasteiger partial charge on any atom is 0.234 e. The zero-order valence-corrected chi connectivity index (χ0v) is 11.3. The average molecular weight is 242 g/mol. The van der Waals surface area contributed by atoms with Crippen LogP contribution in [0.5, 0.6) is 0 Å². The Kier molecular flexibility index (Phi) is 4.95. The molecule has 1 aliphatic carbocycles. The first-order valence-electron chi connectivity index (χ1n) is 6.55. The molecule has 1 fully saturated rings. The second kappa shape index (κ2) is 5.83. The third kappa shape index (κ3) is 6.03. The fraction of sp³-hybridized carbons (Fsp3) is 0.923. The molecule has 0 saturated heterocycles. The van der Waals surface area contributed by atoms with E-state index in [1.165, 1.54) is 6.42 Å². The minimum absolute atomic E-state index is 0.0168. The van der Waals surface area contributed by atoms with Gasteiger partial charge in [-0.05, 0) is 33.6 Å². The summed E-state index contributed by atoms with van der Waals surface area (Å²) >= 11 is 0. The first-order valence-corrected chi connectivity index (χ1v) is 6.55. The molecule has 1 rings (SSSR count). The predicted molar refractivity (Wildman–Crippen MR) is 68.8 cm³/mol. The van der Waals surface area contributed by atoms with E-state index in [9.17, 15) is 9.90 Å². The monoisotopic (exact) mass is 242 g/mol. The van der Waals surface area contributed by atoms with Crippen molar-refractivity contribution in [2.45, 2.75) is 64.0 Å². The van der Waals surface area contributed by atoms with Gasteiger partial charge in [-0.25, -0.2) is 0 Å². The number of amides is 1. The fourth-order valence-electron chi connectivity index (χ4n) is 2.26. The molecule has 1 aliphatic rings. The van der Waals surface area contributed by atoms with Gasteiger partial charge in [-0.2, -0.15) is 0 Å². The highest BCUT2D eigenvalue weighted by atomic mass is 16.3. The third-order valence-electron chi connectivity index (χ3n) is 3.04. The van der Waals surface area contributed by atoms with E-state index in [1.807, 2.05) is 20.8 Å². The van der Waals surface area contributed by atoms with Crippen LogP contribution in [0, 0.1) is 0 Å². The summed E-state index contributed by atoms with van der Waals surface area (Å²) in [6, 6.07) is 0. The first-order chi connectivity index (χ1) is 7.81. The SMILES string of the molecule is CC(C)(C)NC(=O)CNCC1(O)CCCCC1. The largest absolute Gasteiger partial charge is 0.389 e. The van der Waals surface area contributed by atoms with Crippen LogP contribution in [-0.4, -0.2) is 35.2 Å². The number of carbonyl (C=O) groups is 1. The van der Waals surface area contributed by atoms with Gasteiger partial charge in [-0.15, -0.1) is 0 Å². The highest BCUT2D eigenvalue weighted by molar-refractivity contribution is 5.78. The highest BCUT2D eigenvalue weighted by Crippen LogP contribution is 2.27. The Labute approximate surface area is 104 Å². The first kappa shape index (κ1) is 14.5. The van der Waals surface area contributed by atoms with Crippen molar-refractivity contribution in [3.05, 3.63) is 0 Å². The molecule has 0 unspecified atom stereocenters. The molecule has 17 heavy (non-hydrogen) atoms.